The average molecular weight is 462 g/mol. The fourth-order valence-corrected chi connectivity index (χ4v) is 4.73. The number of piperazine rings is 1. The van der Waals surface area contributed by atoms with Crippen molar-refractivity contribution in [3.05, 3.63) is 47.3 Å². The number of hydrogen-bond acceptors (Lipinski definition) is 6. The van der Waals surface area contributed by atoms with Crippen LogP contribution in [0.3, 0.4) is 0 Å². The summed E-state index contributed by atoms with van der Waals surface area (Å²) in [6, 6.07) is 8.61. The van der Waals surface area contributed by atoms with E-state index >= 15 is 0 Å². The fourth-order valence-electron chi connectivity index (χ4n) is 4.73. The number of carbonyl (C=O) groups is 2. The lowest BCUT2D eigenvalue weighted by molar-refractivity contribution is -0.129. The van der Waals surface area contributed by atoms with E-state index in [1.54, 1.807) is 6.92 Å². The van der Waals surface area contributed by atoms with E-state index in [1.807, 2.05) is 30.7 Å². The first-order valence-electron chi connectivity index (χ1n) is 11.8. The summed E-state index contributed by atoms with van der Waals surface area (Å²) >= 11 is 0. The minimum Gasteiger partial charge on any atom is -0.366 e. The number of anilines is 2. The minimum atomic E-state index is -0.0511. The van der Waals surface area contributed by atoms with Gasteiger partial charge < -0.3 is 24.6 Å². The predicted octanol–water partition coefficient (Wildman–Crippen LogP) is 2.61. The molecule has 1 saturated heterocycles. The van der Waals surface area contributed by atoms with Gasteiger partial charge in [-0.2, -0.15) is 4.98 Å². The number of aromatic nitrogens is 3. The highest BCUT2D eigenvalue weighted by Gasteiger charge is 2.35. The molecule has 9 nitrogen and oxygen atoms in total. The molecule has 0 unspecified atom stereocenters. The maximum absolute atomic E-state index is 13.1. The Kier molecular flexibility index (Phi) is 5.63. The normalized spacial score (nSPS) is 16.0. The van der Waals surface area contributed by atoms with E-state index in [2.05, 4.69) is 45.2 Å². The molecule has 1 aromatic carbocycles. The Labute approximate surface area is 199 Å². The molecule has 34 heavy (non-hydrogen) atoms. The van der Waals surface area contributed by atoms with Crippen LogP contribution in [0.15, 0.2) is 30.5 Å². The molecule has 0 spiro atoms. The first-order valence-corrected chi connectivity index (χ1v) is 11.8. The van der Waals surface area contributed by atoms with Gasteiger partial charge in [0.1, 0.15) is 11.5 Å². The van der Waals surface area contributed by atoms with Gasteiger partial charge in [-0.1, -0.05) is 6.07 Å². The Morgan fingerprint density at radius 2 is 1.88 bits per heavy atom. The molecule has 4 heterocycles. The largest absolute Gasteiger partial charge is 0.366 e. The van der Waals surface area contributed by atoms with E-state index < -0.39 is 0 Å². The van der Waals surface area contributed by atoms with Gasteiger partial charge in [0.2, 0.25) is 11.9 Å². The van der Waals surface area contributed by atoms with Crippen molar-refractivity contribution in [3.63, 3.8) is 0 Å². The standard InChI is InChI=1S/C25H31N7O2/c1-16(2)32-15-20-22(24(32)34)27-25(31-11-9-30(10-12-31)17(3)33)28-23(20)26-14-18-5-6-21-19(13-18)7-8-29(21)4/h5-8,13,16H,9-12,14-15H2,1-4H3,(H,26,27,28). The number of hydrogen-bond donors (Lipinski definition) is 1. The van der Waals surface area contributed by atoms with Crippen LogP contribution in [-0.4, -0.2) is 68.4 Å². The van der Waals surface area contributed by atoms with Crippen molar-refractivity contribution in [3.8, 4) is 0 Å². The third-order valence-electron chi connectivity index (χ3n) is 6.83. The molecule has 2 aliphatic heterocycles. The zero-order valence-electron chi connectivity index (χ0n) is 20.2. The van der Waals surface area contributed by atoms with Crippen molar-refractivity contribution < 1.29 is 9.59 Å². The average Bonchev–Trinajstić information content (AvgIpc) is 3.37. The minimum absolute atomic E-state index is 0.0511. The van der Waals surface area contributed by atoms with Crippen LogP contribution in [0.2, 0.25) is 0 Å². The van der Waals surface area contributed by atoms with Crippen molar-refractivity contribution in [2.75, 3.05) is 36.4 Å². The van der Waals surface area contributed by atoms with Crippen molar-refractivity contribution in [1.29, 1.82) is 0 Å². The molecular formula is C25H31N7O2. The Hall–Kier alpha value is -3.62. The van der Waals surface area contributed by atoms with Crippen molar-refractivity contribution in [1.82, 2.24) is 24.3 Å². The second-order valence-corrected chi connectivity index (χ2v) is 9.39. The van der Waals surface area contributed by atoms with Crippen LogP contribution in [0.25, 0.3) is 10.9 Å². The van der Waals surface area contributed by atoms with Crippen LogP contribution in [0.1, 0.15) is 42.4 Å². The molecule has 0 bridgehead atoms. The summed E-state index contributed by atoms with van der Waals surface area (Å²) in [6.45, 7) is 9.27. The molecule has 9 heteroatoms. The number of benzene rings is 1. The van der Waals surface area contributed by atoms with Gasteiger partial charge in [-0.25, -0.2) is 4.98 Å². The molecule has 2 aliphatic rings. The van der Waals surface area contributed by atoms with Crippen LogP contribution < -0.4 is 10.2 Å². The first kappa shape index (κ1) is 22.2. The van der Waals surface area contributed by atoms with E-state index in [4.69, 9.17) is 9.97 Å². The summed E-state index contributed by atoms with van der Waals surface area (Å²) in [6.07, 6.45) is 2.06. The summed E-state index contributed by atoms with van der Waals surface area (Å²) < 4.78 is 2.11. The molecule has 5 rings (SSSR count). The number of aryl methyl sites for hydroxylation is 1. The van der Waals surface area contributed by atoms with E-state index in [-0.39, 0.29) is 17.9 Å². The number of carbonyl (C=O) groups excluding carboxylic acids is 2. The highest BCUT2D eigenvalue weighted by molar-refractivity contribution is 5.98. The second kappa shape index (κ2) is 8.62. The molecule has 2 aromatic heterocycles. The highest BCUT2D eigenvalue weighted by atomic mass is 16.2. The summed E-state index contributed by atoms with van der Waals surface area (Å²) in [7, 11) is 2.04. The van der Waals surface area contributed by atoms with Crippen LogP contribution in [0, 0.1) is 0 Å². The zero-order chi connectivity index (χ0) is 24.0. The Morgan fingerprint density at radius 1 is 1.12 bits per heavy atom. The Balaban J connectivity index is 1.43. The fraction of sp³-hybridized carbons (Fsp3) is 0.440. The second-order valence-electron chi connectivity index (χ2n) is 9.39. The topological polar surface area (TPSA) is 86.6 Å². The Morgan fingerprint density at radius 3 is 2.59 bits per heavy atom. The van der Waals surface area contributed by atoms with Crippen LogP contribution in [-0.2, 0) is 24.9 Å². The first-order chi connectivity index (χ1) is 16.3. The lowest BCUT2D eigenvalue weighted by Crippen LogP contribution is -2.48. The van der Waals surface area contributed by atoms with Gasteiger partial charge in [-0.05, 0) is 43.0 Å². The van der Waals surface area contributed by atoms with Gasteiger partial charge >= 0.3 is 0 Å². The molecule has 0 aliphatic carbocycles. The van der Waals surface area contributed by atoms with Crippen LogP contribution in [0.4, 0.5) is 11.8 Å². The van der Waals surface area contributed by atoms with E-state index in [0.717, 1.165) is 11.1 Å². The van der Waals surface area contributed by atoms with Crippen molar-refractivity contribution in [2.45, 2.75) is 39.9 Å². The van der Waals surface area contributed by atoms with Crippen LogP contribution >= 0.6 is 0 Å². The van der Waals surface area contributed by atoms with Crippen LogP contribution in [0.5, 0.6) is 0 Å². The number of rotatable bonds is 5. The molecule has 178 valence electrons. The lowest BCUT2D eigenvalue weighted by atomic mass is 10.1. The van der Waals surface area contributed by atoms with Gasteiger partial charge in [0, 0.05) is 70.0 Å². The van der Waals surface area contributed by atoms with Gasteiger partial charge in [-0.15, -0.1) is 0 Å². The van der Waals surface area contributed by atoms with E-state index in [9.17, 15) is 9.59 Å². The highest BCUT2D eigenvalue weighted by Crippen LogP contribution is 2.31. The smallest absolute Gasteiger partial charge is 0.273 e. The molecule has 3 aromatic rings. The number of fused-ring (bicyclic) bond motifs is 2. The number of nitrogens with zero attached hydrogens (tertiary/aromatic N) is 6. The SMILES string of the molecule is CC(=O)N1CCN(c2nc(NCc3ccc4c(ccn4C)c3)c3c(n2)C(=O)N(C(C)C)C3)CC1. The molecule has 0 atom stereocenters. The maximum atomic E-state index is 13.1. The molecule has 0 radical (unpaired) electrons. The summed E-state index contributed by atoms with van der Waals surface area (Å²) in [4.78, 5) is 40.1. The van der Waals surface area contributed by atoms with Crippen molar-refractivity contribution in [2.24, 2.45) is 7.05 Å². The van der Waals surface area contributed by atoms with Gasteiger partial charge in [-0.3, -0.25) is 9.59 Å². The van der Waals surface area contributed by atoms with E-state index in [0.29, 0.717) is 56.7 Å². The van der Waals surface area contributed by atoms with Gasteiger partial charge in [0.05, 0.1) is 6.54 Å². The third kappa shape index (κ3) is 3.95. The zero-order valence-corrected chi connectivity index (χ0v) is 20.2. The van der Waals surface area contributed by atoms with E-state index in [1.165, 1.54) is 10.9 Å². The van der Waals surface area contributed by atoms with Crippen molar-refractivity contribution >= 4 is 34.5 Å². The summed E-state index contributed by atoms with van der Waals surface area (Å²) in [5, 5.41) is 4.69. The quantitative estimate of drug-likeness (QED) is 0.629. The van der Waals surface area contributed by atoms with Gasteiger partial charge in [0.15, 0.2) is 0 Å². The summed E-state index contributed by atoms with van der Waals surface area (Å²) in [5.74, 6) is 1.28. The molecule has 1 fully saturated rings. The monoisotopic (exact) mass is 461 g/mol. The maximum Gasteiger partial charge on any atom is 0.273 e. The predicted molar refractivity (Wildman–Crippen MR) is 132 cm³/mol. The number of nitrogens with one attached hydrogen (secondary N) is 1. The lowest BCUT2D eigenvalue weighted by Gasteiger charge is -2.34. The summed E-state index contributed by atoms with van der Waals surface area (Å²) in [5.41, 5.74) is 3.67. The molecule has 2 amide bonds. The number of amides is 2. The third-order valence-corrected chi connectivity index (χ3v) is 6.83. The van der Waals surface area contributed by atoms with Gasteiger partial charge in [0.25, 0.3) is 5.91 Å². The molecule has 0 saturated carbocycles. The molecular weight excluding hydrogens is 430 g/mol. The molecule has 1 N–H and O–H groups in total. The Bertz CT molecular complexity index is 1260.